The number of hydrogen-bond acceptors (Lipinski definition) is 6. The predicted molar refractivity (Wildman–Crippen MR) is 110 cm³/mol. The predicted octanol–water partition coefficient (Wildman–Crippen LogP) is 3.41. The van der Waals surface area contributed by atoms with Crippen molar-refractivity contribution in [1.82, 2.24) is 0 Å². The number of methoxy groups -OCH3 is 3. The minimum atomic E-state index is -1.03. The quantitative estimate of drug-likeness (QED) is 0.527. The zero-order chi connectivity index (χ0) is 20.8. The molecule has 2 aromatic rings. The molecular formula is C23H27NO5. The van der Waals surface area contributed by atoms with Crippen molar-refractivity contribution >= 4 is 17.6 Å². The Balaban J connectivity index is 2.04. The number of anilines is 1. The fourth-order valence-electron chi connectivity index (χ4n) is 4.22. The molecule has 1 aliphatic rings. The van der Waals surface area contributed by atoms with Gasteiger partial charge < -0.3 is 19.1 Å². The first-order valence-electron chi connectivity index (χ1n) is 9.72. The summed E-state index contributed by atoms with van der Waals surface area (Å²) >= 11 is 0. The van der Waals surface area contributed by atoms with Gasteiger partial charge in [-0.2, -0.15) is 0 Å². The van der Waals surface area contributed by atoms with Crippen LogP contribution in [0.3, 0.4) is 0 Å². The largest absolute Gasteiger partial charge is 0.497 e. The van der Waals surface area contributed by atoms with Crippen LogP contribution in [0.1, 0.15) is 24.3 Å². The number of hydrogen-bond donors (Lipinski definition) is 0. The zero-order valence-corrected chi connectivity index (χ0v) is 17.0. The Bertz CT molecular complexity index is 805. The van der Waals surface area contributed by atoms with E-state index in [4.69, 9.17) is 14.2 Å². The maximum Gasteiger partial charge on any atom is 0.320 e. The van der Waals surface area contributed by atoms with Crippen LogP contribution in [0.15, 0.2) is 54.6 Å². The summed E-state index contributed by atoms with van der Waals surface area (Å²) < 4.78 is 15.3. The van der Waals surface area contributed by atoms with Crippen LogP contribution in [-0.2, 0) is 19.1 Å². The Kier molecular flexibility index (Phi) is 6.75. The average Bonchev–Trinajstić information content (AvgIpc) is 3.26. The van der Waals surface area contributed by atoms with E-state index < -0.39 is 17.9 Å². The van der Waals surface area contributed by atoms with Gasteiger partial charge in [0.1, 0.15) is 5.75 Å². The molecule has 0 spiro atoms. The molecule has 1 fully saturated rings. The second-order valence-electron chi connectivity index (χ2n) is 7.06. The highest BCUT2D eigenvalue weighted by molar-refractivity contribution is 5.96. The minimum Gasteiger partial charge on any atom is -0.497 e. The summed E-state index contributed by atoms with van der Waals surface area (Å²) in [7, 11) is 4.24. The topological polar surface area (TPSA) is 65.1 Å². The fourth-order valence-corrected chi connectivity index (χ4v) is 4.22. The molecule has 0 amide bonds. The van der Waals surface area contributed by atoms with E-state index in [2.05, 4.69) is 4.90 Å². The SMILES string of the molecule is COC(=O)C(C(=O)OC)C(c1ccccc1)C1CCCN1c1ccc(OC)cc1. The third-order valence-electron chi connectivity index (χ3n) is 5.57. The highest BCUT2D eigenvalue weighted by Crippen LogP contribution is 2.40. The lowest BCUT2D eigenvalue weighted by atomic mass is 9.79. The summed E-state index contributed by atoms with van der Waals surface area (Å²) in [4.78, 5) is 27.6. The Morgan fingerprint density at radius 2 is 1.55 bits per heavy atom. The highest BCUT2D eigenvalue weighted by atomic mass is 16.5. The first-order valence-corrected chi connectivity index (χ1v) is 9.72. The number of carbonyl (C=O) groups excluding carboxylic acids is 2. The van der Waals surface area contributed by atoms with Crippen molar-refractivity contribution in [2.24, 2.45) is 5.92 Å². The van der Waals surface area contributed by atoms with Gasteiger partial charge in [-0.15, -0.1) is 0 Å². The van der Waals surface area contributed by atoms with Gasteiger partial charge in [0.05, 0.1) is 21.3 Å². The molecule has 2 atom stereocenters. The molecule has 154 valence electrons. The molecule has 0 saturated carbocycles. The van der Waals surface area contributed by atoms with Crippen molar-refractivity contribution < 1.29 is 23.8 Å². The van der Waals surface area contributed by atoms with Crippen molar-refractivity contribution in [2.75, 3.05) is 32.8 Å². The van der Waals surface area contributed by atoms with E-state index in [-0.39, 0.29) is 12.0 Å². The molecule has 1 saturated heterocycles. The van der Waals surface area contributed by atoms with Gasteiger partial charge in [-0.1, -0.05) is 30.3 Å². The zero-order valence-electron chi connectivity index (χ0n) is 17.0. The van der Waals surface area contributed by atoms with Crippen molar-refractivity contribution in [3.8, 4) is 5.75 Å². The monoisotopic (exact) mass is 397 g/mol. The van der Waals surface area contributed by atoms with Crippen molar-refractivity contribution in [2.45, 2.75) is 24.8 Å². The van der Waals surface area contributed by atoms with Crippen LogP contribution in [0.4, 0.5) is 5.69 Å². The van der Waals surface area contributed by atoms with Crippen LogP contribution in [0.25, 0.3) is 0 Å². The first-order chi connectivity index (χ1) is 14.1. The maximum absolute atomic E-state index is 12.7. The molecule has 1 heterocycles. The fraction of sp³-hybridized carbons (Fsp3) is 0.391. The van der Waals surface area contributed by atoms with Crippen molar-refractivity contribution in [3.63, 3.8) is 0 Å². The average molecular weight is 397 g/mol. The lowest BCUT2D eigenvalue weighted by Crippen LogP contribution is -2.43. The van der Waals surface area contributed by atoms with E-state index in [1.54, 1.807) is 7.11 Å². The second-order valence-corrected chi connectivity index (χ2v) is 7.06. The van der Waals surface area contributed by atoms with Gasteiger partial charge in [0.2, 0.25) is 0 Å². The van der Waals surface area contributed by atoms with Gasteiger partial charge in [-0.25, -0.2) is 0 Å². The van der Waals surface area contributed by atoms with Gasteiger partial charge in [-0.05, 0) is 42.7 Å². The van der Waals surface area contributed by atoms with Gasteiger partial charge in [0, 0.05) is 24.2 Å². The molecule has 0 N–H and O–H groups in total. The van der Waals surface area contributed by atoms with E-state index in [0.29, 0.717) is 0 Å². The molecule has 6 heteroatoms. The van der Waals surface area contributed by atoms with Crippen molar-refractivity contribution in [3.05, 3.63) is 60.2 Å². The van der Waals surface area contributed by atoms with E-state index >= 15 is 0 Å². The molecule has 2 unspecified atom stereocenters. The maximum atomic E-state index is 12.7. The van der Waals surface area contributed by atoms with Crippen LogP contribution < -0.4 is 9.64 Å². The number of ether oxygens (including phenoxy) is 3. The first kappa shape index (κ1) is 20.7. The molecule has 1 aliphatic heterocycles. The molecular weight excluding hydrogens is 370 g/mol. The summed E-state index contributed by atoms with van der Waals surface area (Å²) in [5.74, 6) is -1.79. The Morgan fingerprint density at radius 3 is 2.10 bits per heavy atom. The molecule has 2 aromatic carbocycles. The normalized spacial score (nSPS) is 17.1. The lowest BCUT2D eigenvalue weighted by Gasteiger charge is -2.36. The summed E-state index contributed by atoms with van der Waals surface area (Å²) in [6, 6.07) is 17.5. The van der Waals surface area contributed by atoms with Crippen LogP contribution in [-0.4, -0.2) is 45.9 Å². The van der Waals surface area contributed by atoms with Crippen molar-refractivity contribution in [1.29, 1.82) is 0 Å². The van der Waals surface area contributed by atoms with E-state index in [1.807, 2.05) is 54.6 Å². The Morgan fingerprint density at radius 1 is 0.931 bits per heavy atom. The van der Waals surface area contributed by atoms with Crippen LogP contribution in [0, 0.1) is 5.92 Å². The number of nitrogens with zero attached hydrogens (tertiary/aromatic N) is 1. The van der Waals surface area contributed by atoms with Gasteiger partial charge in [0.25, 0.3) is 0 Å². The van der Waals surface area contributed by atoms with E-state index in [0.717, 1.165) is 36.4 Å². The number of carbonyl (C=O) groups is 2. The third-order valence-corrected chi connectivity index (χ3v) is 5.57. The molecule has 6 nitrogen and oxygen atoms in total. The van der Waals surface area contributed by atoms with Crippen LogP contribution >= 0.6 is 0 Å². The number of rotatable bonds is 7. The Labute approximate surface area is 171 Å². The molecule has 3 rings (SSSR count). The summed E-state index contributed by atoms with van der Waals surface area (Å²) in [5.41, 5.74) is 1.95. The third kappa shape index (κ3) is 4.36. The van der Waals surface area contributed by atoms with E-state index in [1.165, 1.54) is 14.2 Å². The highest BCUT2D eigenvalue weighted by Gasteiger charge is 2.45. The summed E-state index contributed by atoms with van der Waals surface area (Å²) in [6.45, 7) is 0.843. The number of benzene rings is 2. The molecule has 29 heavy (non-hydrogen) atoms. The van der Waals surface area contributed by atoms with Crippen LogP contribution in [0.5, 0.6) is 5.75 Å². The van der Waals surface area contributed by atoms with Gasteiger partial charge in [-0.3, -0.25) is 9.59 Å². The smallest absolute Gasteiger partial charge is 0.320 e. The minimum absolute atomic E-state index is 0.0472. The molecule has 0 aromatic heterocycles. The summed E-state index contributed by atoms with van der Waals surface area (Å²) in [5, 5.41) is 0. The van der Waals surface area contributed by atoms with E-state index in [9.17, 15) is 9.59 Å². The number of esters is 2. The molecule has 0 aliphatic carbocycles. The van der Waals surface area contributed by atoms with Gasteiger partial charge >= 0.3 is 11.9 Å². The second kappa shape index (κ2) is 9.45. The van der Waals surface area contributed by atoms with Crippen LogP contribution in [0.2, 0.25) is 0 Å². The molecule has 0 bridgehead atoms. The Hall–Kier alpha value is -3.02. The van der Waals surface area contributed by atoms with Gasteiger partial charge in [0.15, 0.2) is 5.92 Å². The lowest BCUT2D eigenvalue weighted by molar-refractivity contribution is -0.160. The molecule has 0 radical (unpaired) electrons. The summed E-state index contributed by atoms with van der Waals surface area (Å²) in [6.07, 6.45) is 1.82. The standard InChI is InChI=1S/C23H27NO5/c1-27-18-13-11-17(12-14-18)24-15-7-10-19(24)20(16-8-5-4-6-9-16)21(22(25)28-2)23(26)29-3/h4-6,8-9,11-14,19-21H,7,10,15H2,1-3H3.